The molecule has 122 valence electrons. The molecule has 0 bridgehead atoms. The Morgan fingerprint density at radius 2 is 2.08 bits per heavy atom. The summed E-state index contributed by atoms with van der Waals surface area (Å²) in [6.07, 6.45) is -0.418. The zero-order valence-electron chi connectivity index (χ0n) is 13.5. The Kier molecular flexibility index (Phi) is 5.54. The van der Waals surface area contributed by atoms with Crippen molar-refractivity contribution < 1.29 is 9.53 Å². The third-order valence-corrected chi connectivity index (χ3v) is 3.25. The van der Waals surface area contributed by atoms with Gasteiger partial charge in [0, 0.05) is 6.07 Å². The van der Waals surface area contributed by atoms with Crippen LogP contribution in [0.15, 0.2) is 30.3 Å². The summed E-state index contributed by atoms with van der Waals surface area (Å²) in [5.74, 6) is 0.714. The Bertz CT molecular complexity index is 796. The quantitative estimate of drug-likeness (QED) is 0.879. The van der Waals surface area contributed by atoms with Crippen molar-refractivity contribution in [1.82, 2.24) is 9.78 Å². The molecule has 7 nitrogen and oxygen atoms in total. The highest BCUT2D eigenvalue weighted by Crippen LogP contribution is 2.15. The van der Waals surface area contributed by atoms with Gasteiger partial charge in [-0.25, -0.2) is 4.68 Å². The zero-order valence-corrected chi connectivity index (χ0v) is 13.5. The summed E-state index contributed by atoms with van der Waals surface area (Å²) < 4.78 is 7.16. The minimum absolute atomic E-state index is 0.307. The lowest BCUT2D eigenvalue weighted by Crippen LogP contribution is -2.31. The molecule has 1 heterocycles. The van der Waals surface area contributed by atoms with Crippen LogP contribution in [0.25, 0.3) is 0 Å². The van der Waals surface area contributed by atoms with Crippen LogP contribution < -0.4 is 10.1 Å². The van der Waals surface area contributed by atoms with E-state index in [0.717, 1.165) is 5.69 Å². The summed E-state index contributed by atoms with van der Waals surface area (Å²) in [7, 11) is 0. The molecule has 0 spiro atoms. The van der Waals surface area contributed by atoms with Crippen LogP contribution in [0.1, 0.15) is 24.6 Å². The molecule has 1 aromatic carbocycles. The van der Waals surface area contributed by atoms with Crippen molar-refractivity contribution in [1.29, 1.82) is 10.5 Å². The number of aryl methyl sites for hydroxylation is 2. The summed E-state index contributed by atoms with van der Waals surface area (Å²) in [5.41, 5.74) is 1.28. The molecule has 1 amide bonds. The number of ether oxygens (including phenoxy) is 1. The van der Waals surface area contributed by atoms with Crippen LogP contribution in [0.2, 0.25) is 0 Å². The van der Waals surface area contributed by atoms with E-state index in [4.69, 9.17) is 15.3 Å². The minimum atomic E-state index is -0.724. The van der Waals surface area contributed by atoms with E-state index in [0.29, 0.717) is 30.1 Å². The molecule has 2 aromatic rings. The Balaban J connectivity index is 2.01. The van der Waals surface area contributed by atoms with Crippen LogP contribution >= 0.6 is 0 Å². The van der Waals surface area contributed by atoms with E-state index >= 15 is 0 Å². The van der Waals surface area contributed by atoms with Gasteiger partial charge >= 0.3 is 0 Å². The monoisotopic (exact) mass is 323 g/mol. The number of nitriles is 2. The van der Waals surface area contributed by atoms with Gasteiger partial charge in [-0.05, 0) is 38.1 Å². The van der Waals surface area contributed by atoms with E-state index < -0.39 is 6.10 Å². The number of nitrogens with one attached hydrogen (secondary N) is 1. The fourth-order valence-electron chi connectivity index (χ4n) is 2.07. The molecule has 1 unspecified atom stereocenters. The number of carbonyl (C=O) groups is 1. The third kappa shape index (κ3) is 4.34. The predicted octanol–water partition coefficient (Wildman–Crippen LogP) is 2.38. The first kappa shape index (κ1) is 17.0. The molecule has 0 fully saturated rings. The van der Waals surface area contributed by atoms with E-state index in [9.17, 15) is 4.79 Å². The lowest BCUT2D eigenvalue weighted by Gasteiger charge is -2.15. The lowest BCUT2D eigenvalue weighted by atomic mass is 10.2. The molecular weight excluding hydrogens is 306 g/mol. The third-order valence-electron chi connectivity index (χ3n) is 3.25. The Morgan fingerprint density at radius 1 is 1.38 bits per heavy atom. The van der Waals surface area contributed by atoms with Gasteiger partial charge in [-0.15, -0.1) is 0 Å². The highest BCUT2D eigenvalue weighted by molar-refractivity contribution is 5.93. The van der Waals surface area contributed by atoms with Crippen LogP contribution in [-0.2, 0) is 11.3 Å². The topological polar surface area (TPSA) is 104 Å². The number of anilines is 1. The number of nitrogens with zero attached hydrogens (tertiary/aromatic N) is 4. The molecule has 0 aliphatic heterocycles. The first-order valence-electron chi connectivity index (χ1n) is 7.42. The Hall–Kier alpha value is -3.32. The van der Waals surface area contributed by atoms with E-state index in [1.54, 1.807) is 41.9 Å². The molecule has 0 aliphatic carbocycles. The maximum Gasteiger partial charge on any atom is 0.266 e. The molecule has 0 radical (unpaired) electrons. The van der Waals surface area contributed by atoms with Gasteiger partial charge in [-0.1, -0.05) is 0 Å². The second-order valence-electron chi connectivity index (χ2n) is 5.19. The van der Waals surface area contributed by atoms with Gasteiger partial charge in [0.05, 0.1) is 36.4 Å². The number of rotatable bonds is 6. The number of carbonyl (C=O) groups excluding carboxylic acids is 1. The van der Waals surface area contributed by atoms with Crippen molar-refractivity contribution >= 4 is 11.7 Å². The van der Waals surface area contributed by atoms with Gasteiger partial charge in [0.1, 0.15) is 11.6 Å². The molecule has 1 N–H and O–H groups in total. The molecule has 0 saturated carbocycles. The highest BCUT2D eigenvalue weighted by Gasteiger charge is 2.17. The zero-order chi connectivity index (χ0) is 17.5. The van der Waals surface area contributed by atoms with Gasteiger partial charge in [0.15, 0.2) is 6.10 Å². The molecular formula is C17H17N5O2. The first-order valence-corrected chi connectivity index (χ1v) is 7.42. The largest absolute Gasteiger partial charge is 0.481 e. The standard InChI is InChI=1S/C17H17N5O2/c1-12-10-16(22(21-12)9-3-8-18)20-17(23)13(2)24-15-6-4-14(11-19)5-7-15/h4-7,10,13H,3,9H2,1-2H3,(H,20,23). The predicted molar refractivity (Wildman–Crippen MR) is 87.1 cm³/mol. The van der Waals surface area contributed by atoms with Gasteiger partial charge in [0.25, 0.3) is 5.91 Å². The van der Waals surface area contributed by atoms with E-state index in [1.165, 1.54) is 0 Å². The van der Waals surface area contributed by atoms with Crippen LogP contribution in [0.3, 0.4) is 0 Å². The summed E-state index contributed by atoms with van der Waals surface area (Å²) in [6.45, 7) is 3.86. The number of hydrogen-bond acceptors (Lipinski definition) is 5. The van der Waals surface area contributed by atoms with Crippen LogP contribution in [0, 0.1) is 29.6 Å². The SMILES string of the molecule is Cc1cc(NC(=O)C(C)Oc2ccc(C#N)cc2)n(CCC#N)n1. The molecule has 2 rings (SSSR count). The van der Waals surface area contributed by atoms with E-state index in [2.05, 4.69) is 10.4 Å². The van der Waals surface area contributed by atoms with Crippen molar-refractivity contribution in [2.45, 2.75) is 32.9 Å². The van der Waals surface area contributed by atoms with Gasteiger partial charge in [0.2, 0.25) is 0 Å². The second kappa shape index (κ2) is 7.80. The number of benzene rings is 1. The maximum absolute atomic E-state index is 12.3. The molecule has 0 saturated heterocycles. The highest BCUT2D eigenvalue weighted by atomic mass is 16.5. The van der Waals surface area contributed by atoms with Gasteiger partial charge in [-0.2, -0.15) is 15.6 Å². The molecule has 1 atom stereocenters. The summed E-state index contributed by atoms with van der Waals surface area (Å²) in [5, 5.41) is 24.4. The second-order valence-corrected chi connectivity index (χ2v) is 5.19. The fraction of sp³-hybridized carbons (Fsp3) is 0.294. The smallest absolute Gasteiger partial charge is 0.266 e. The van der Waals surface area contributed by atoms with Gasteiger partial charge in [-0.3, -0.25) is 4.79 Å². The summed E-state index contributed by atoms with van der Waals surface area (Å²) in [4.78, 5) is 12.3. The van der Waals surface area contributed by atoms with Crippen molar-refractivity contribution in [2.24, 2.45) is 0 Å². The Labute approximate surface area is 140 Å². The van der Waals surface area contributed by atoms with Crippen LogP contribution in [-0.4, -0.2) is 21.8 Å². The van der Waals surface area contributed by atoms with Crippen molar-refractivity contribution in [3.8, 4) is 17.9 Å². The number of hydrogen-bond donors (Lipinski definition) is 1. The van der Waals surface area contributed by atoms with Crippen LogP contribution in [0.5, 0.6) is 5.75 Å². The Morgan fingerprint density at radius 3 is 2.71 bits per heavy atom. The van der Waals surface area contributed by atoms with Gasteiger partial charge < -0.3 is 10.1 Å². The normalized spacial score (nSPS) is 11.2. The molecule has 0 aliphatic rings. The average Bonchev–Trinajstić information content (AvgIpc) is 2.92. The fourth-order valence-corrected chi connectivity index (χ4v) is 2.07. The molecule has 7 heteroatoms. The van der Waals surface area contributed by atoms with Crippen molar-refractivity contribution in [3.63, 3.8) is 0 Å². The number of aromatic nitrogens is 2. The first-order chi connectivity index (χ1) is 11.5. The number of amides is 1. The van der Waals surface area contributed by atoms with E-state index in [-0.39, 0.29) is 5.91 Å². The minimum Gasteiger partial charge on any atom is -0.481 e. The summed E-state index contributed by atoms with van der Waals surface area (Å²) >= 11 is 0. The average molecular weight is 323 g/mol. The lowest BCUT2D eigenvalue weighted by molar-refractivity contribution is -0.122. The molecule has 1 aromatic heterocycles. The molecule has 24 heavy (non-hydrogen) atoms. The van der Waals surface area contributed by atoms with E-state index in [1.807, 2.05) is 19.1 Å². The van der Waals surface area contributed by atoms with Crippen molar-refractivity contribution in [2.75, 3.05) is 5.32 Å². The van der Waals surface area contributed by atoms with Crippen LogP contribution in [0.4, 0.5) is 5.82 Å². The van der Waals surface area contributed by atoms with Crippen molar-refractivity contribution in [3.05, 3.63) is 41.6 Å². The summed E-state index contributed by atoms with van der Waals surface area (Å²) in [6, 6.07) is 12.3. The maximum atomic E-state index is 12.3.